The molecule has 0 atom stereocenters. The van der Waals surface area contributed by atoms with Crippen LogP contribution < -0.4 is 10.6 Å². The molecule has 0 heterocycles. The van der Waals surface area contributed by atoms with Gasteiger partial charge >= 0.3 is 0 Å². The van der Waals surface area contributed by atoms with E-state index in [2.05, 4.69) is 10.6 Å². The minimum absolute atomic E-state index is 0.0631. The normalized spacial score (nSPS) is 11.4. The van der Waals surface area contributed by atoms with E-state index in [4.69, 9.17) is 0 Å². The first-order chi connectivity index (χ1) is 12.8. The lowest BCUT2D eigenvalue weighted by Gasteiger charge is -2.19. The van der Waals surface area contributed by atoms with Crippen LogP contribution in [0.25, 0.3) is 0 Å². The van der Waals surface area contributed by atoms with Crippen LogP contribution in [0.15, 0.2) is 47.4 Å². The summed E-state index contributed by atoms with van der Waals surface area (Å²) >= 11 is 0. The molecule has 0 unspecified atom stereocenters. The molecule has 9 heteroatoms. The molecule has 1 amide bonds. The van der Waals surface area contributed by atoms with Gasteiger partial charge in [0.25, 0.3) is 0 Å². The van der Waals surface area contributed by atoms with Crippen molar-refractivity contribution in [3.63, 3.8) is 0 Å². The van der Waals surface area contributed by atoms with Crippen molar-refractivity contribution in [3.8, 4) is 0 Å². The van der Waals surface area contributed by atoms with Gasteiger partial charge in [0.2, 0.25) is 15.9 Å². The molecule has 0 radical (unpaired) electrons. The fraction of sp³-hybridized carbons (Fsp3) is 0.278. The maximum Gasteiger partial charge on any atom is 0.243 e. The SMILES string of the molecule is CCN(CC)S(=O)(=O)c1cccc(NC(=O)CNc2cc(F)ccc2F)c1. The minimum Gasteiger partial charge on any atom is -0.374 e. The molecule has 0 bridgehead atoms. The molecule has 2 aromatic carbocycles. The Morgan fingerprint density at radius 3 is 2.44 bits per heavy atom. The molecule has 6 nitrogen and oxygen atoms in total. The van der Waals surface area contributed by atoms with Crippen LogP contribution in [0, 0.1) is 11.6 Å². The molecule has 0 aliphatic carbocycles. The summed E-state index contributed by atoms with van der Waals surface area (Å²) in [7, 11) is -3.65. The highest BCUT2D eigenvalue weighted by Gasteiger charge is 2.21. The molecule has 0 fully saturated rings. The van der Waals surface area contributed by atoms with Crippen molar-refractivity contribution < 1.29 is 22.0 Å². The van der Waals surface area contributed by atoms with E-state index in [0.29, 0.717) is 13.1 Å². The first-order valence-corrected chi connectivity index (χ1v) is 9.81. The Bertz CT molecular complexity index is 916. The highest BCUT2D eigenvalue weighted by Crippen LogP contribution is 2.20. The molecule has 0 spiro atoms. The van der Waals surface area contributed by atoms with Crippen molar-refractivity contribution in [1.82, 2.24) is 4.31 Å². The molecule has 0 aliphatic rings. The van der Waals surface area contributed by atoms with Crippen LogP contribution in [0.4, 0.5) is 20.2 Å². The van der Waals surface area contributed by atoms with Gasteiger partial charge in [-0.05, 0) is 36.4 Å². The van der Waals surface area contributed by atoms with Crippen molar-refractivity contribution in [2.75, 3.05) is 30.3 Å². The summed E-state index contributed by atoms with van der Waals surface area (Å²) in [5.41, 5.74) is 0.151. The topological polar surface area (TPSA) is 78.5 Å². The number of nitrogens with one attached hydrogen (secondary N) is 2. The van der Waals surface area contributed by atoms with Crippen LogP contribution in [0.1, 0.15) is 13.8 Å². The summed E-state index contributed by atoms with van der Waals surface area (Å²) < 4.78 is 53.1. The van der Waals surface area contributed by atoms with Crippen LogP contribution in [-0.4, -0.2) is 38.3 Å². The van der Waals surface area contributed by atoms with Crippen molar-refractivity contribution in [2.45, 2.75) is 18.7 Å². The molecule has 27 heavy (non-hydrogen) atoms. The monoisotopic (exact) mass is 397 g/mol. The number of hydrogen-bond acceptors (Lipinski definition) is 4. The molecular formula is C18H21F2N3O3S. The number of hydrogen-bond donors (Lipinski definition) is 2. The third kappa shape index (κ3) is 5.24. The standard InChI is InChI=1S/C18H21F2N3O3S/c1-3-23(4-2)27(25,26)15-7-5-6-14(11-15)22-18(24)12-21-17-10-13(19)8-9-16(17)20/h5-11,21H,3-4,12H2,1-2H3,(H,22,24). The van der Waals surface area contributed by atoms with Crippen molar-refractivity contribution >= 4 is 27.3 Å². The van der Waals surface area contributed by atoms with Gasteiger partial charge in [-0.3, -0.25) is 4.79 Å². The number of amides is 1. The molecule has 0 aliphatic heterocycles. The van der Waals surface area contributed by atoms with Crippen LogP contribution in [0.5, 0.6) is 0 Å². The molecule has 0 saturated heterocycles. The Morgan fingerprint density at radius 2 is 1.78 bits per heavy atom. The third-order valence-corrected chi connectivity index (χ3v) is 5.87. The predicted octanol–water partition coefficient (Wildman–Crippen LogP) is 3.05. The van der Waals surface area contributed by atoms with E-state index in [1.165, 1.54) is 22.5 Å². The zero-order chi connectivity index (χ0) is 20.0. The van der Waals surface area contributed by atoms with E-state index >= 15 is 0 Å². The van der Waals surface area contributed by atoms with Gasteiger partial charge in [-0.1, -0.05) is 19.9 Å². The first kappa shape index (κ1) is 20.8. The first-order valence-electron chi connectivity index (χ1n) is 8.37. The van der Waals surface area contributed by atoms with Gasteiger partial charge in [0.1, 0.15) is 11.6 Å². The number of sulfonamides is 1. The third-order valence-electron chi connectivity index (χ3n) is 3.83. The Hall–Kier alpha value is -2.52. The molecule has 2 rings (SSSR count). The van der Waals surface area contributed by atoms with Crippen LogP contribution in [-0.2, 0) is 14.8 Å². The quantitative estimate of drug-likeness (QED) is 0.718. The zero-order valence-corrected chi connectivity index (χ0v) is 15.8. The second-order valence-electron chi connectivity index (χ2n) is 5.64. The fourth-order valence-electron chi connectivity index (χ4n) is 2.46. The van der Waals surface area contributed by atoms with Crippen LogP contribution in [0.3, 0.4) is 0 Å². The van der Waals surface area contributed by atoms with Gasteiger partial charge in [-0.25, -0.2) is 17.2 Å². The minimum atomic E-state index is -3.65. The maximum atomic E-state index is 13.5. The molecular weight excluding hydrogens is 376 g/mol. The van der Waals surface area contributed by atoms with Gasteiger partial charge in [0, 0.05) is 18.8 Å². The van der Waals surface area contributed by atoms with E-state index in [9.17, 15) is 22.0 Å². The number of anilines is 2. The molecule has 0 aromatic heterocycles. The summed E-state index contributed by atoms with van der Waals surface area (Å²) in [4.78, 5) is 12.1. The second kappa shape index (κ2) is 8.92. The predicted molar refractivity (Wildman–Crippen MR) is 100 cm³/mol. The van der Waals surface area contributed by atoms with E-state index in [1.54, 1.807) is 19.9 Å². The van der Waals surface area contributed by atoms with E-state index < -0.39 is 27.6 Å². The maximum absolute atomic E-state index is 13.5. The Morgan fingerprint density at radius 1 is 1.07 bits per heavy atom. The van der Waals surface area contributed by atoms with Gasteiger partial charge in [0.05, 0.1) is 17.1 Å². The van der Waals surface area contributed by atoms with Gasteiger partial charge in [0.15, 0.2) is 0 Å². The van der Waals surface area contributed by atoms with E-state index in [0.717, 1.165) is 18.2 Å². The molecule has 2 N–H and O–H groups in total. The second-order valence-corrected chi connectivity index (χ2v) is 7.58. The lowest BCUT2D eigenvalue weighted by Crippen LogP contribution is -2.30. The van der Waals surface area contributed by atoms with E-state index in [1.807, 2.05) is 0 Å². The number of carbonyl (C=O) groups is 1. The van der Waals surface area contributed by atoms with Crippen LogP contribution >= 0.6 is 0 Å². The summed E-state index contributed by atoms with van der Waals surface area (Å²) in [6.07, 6.45) is 0. The van der Waals surface area contributed by atoms with Gasteiger partial charge < -0.3 is 10.6 Å². The lowest BCUT2D eigenvalue weighted by atomic mass is 10.3. The fourth-order valence-corrected chi connectivity index (χ4v) is 3.96. The van der Waals surface area contributed by atoms with Crippen molar-refractivity contribution in [2.24, 2.45) is 0 Å². The average Bonchev–Trinajstić information content (AvgIpc) is 2.63. The van der Waals surface area contributed by atoms with E-state index in [-0.39, 0.29) is 22.8 Å². The smallest absolute Gasteiger partial charge is 0.243 e. The summed E-state index contributed by atoms with van der Waals surface area (Å²) in [6, 6.07) is 8.74. The largest absolute Gasteiger partial charge is 0.374 e. The van der Waals surface area contributed by atoms with Crippen LogP contribution in [0.2, 0.25) is 0 Å². The van der Waals surface area contributed by atoms with Gasteiger partial charge in [-0.15, -0.1) is 0 Å². The Labute approximate surface area is 157 Å². The van der Waals surface area contributed by atoms with Crippen molar-refractivity contribution in [3.05, 3.63) is 54.1 Å². The Kier molecular flexibility index (Phi) is 6.86. The average molecular weight is 397 g/mol. The number of nitrogens with zero attached hydrogens (tertiary/aromatic N) is 1. The van der Waals surface area contributed by atoms with Gasteiger partial charge in [-0.2, -0.15) is 4.31 Å². The summed E-state index contributed by atoms with van der Waals surface area (Å²) in [6.45, 7) is 3.83. The summed E-state index contributed by atoms with van der Waals surface area (Å²) in [5.74, 6) is -1.85. The highest BCUT2D eigenvalue weighted by atomic mass is 32.2. The number of benzene rings is 2. The van der Waals surface area contributed by atoms with Crippen molar-refractivity contribution in [1.29, 1.82) is 0 Å². The lowest BCUT2D eigenvalue weighted by molar-refractivity contribution is -0.114. The highest BCUT2D eigenvalue weighted by molar-refractivity contribution is 7.89. The molecule has 146 valence electrons. The molecule has 2 aromatic rings. The Balaban J connectivity index is 2.07. The number of halogens is 2. The number of carbonyl (C=O) groups excluding carboxylic acids is 1. The summed E-state index contributed by atoms with van der Waals surface area (Å²) in [5, 5.41) is 5.03. The molecule has 0 saturated carbocycles. The zero-order valence-electron chi connectivity index (χ0n) is 15.0. The number of rotatable bonds is 8.